The highest BCUT2D eigenvalue weighted by Gasteiger charge is 2.26. The van der Waals surface area contributed by atoms with Crippen molar-refractivity contribution in [3.8, 4) is 0 Å². The van der Waals surface area contributed by atoms with E-state index in [0.29, 0.717) is 12.5 Å². The van der Waals surface area contributed by atoms with Crippen molar-refractivity contribution in [1.29, 1.82) is 0 Å². The topological polar surface area (TPSA) is 45.2 Å². The second-order valence-electron chi connectivity index (χ2n) is 6.26. The Morgan fingerprint density at radius 1 is 1.22 bits per heavy atom. The minimum Gasteiger partial charge on any atom is -0.334 e. The number of nitrogens with zero attached hydrogens (tertiary/aromatic N) is 2. The molecule has 0 bridgehead atoms. The molecule has 0 aliphatic carbocycles. The lowest BCUT2D eigenvalue weighted by molar-refractivity contribution is 0.206. The maximum Gasteiger partial charge on any atom is 0.317 e. The van der Waals surface area contributed by atoms with Crippen LogP contribution in [0.25, 0.3) is 0 Å². The van der Waals surface area contributed by atoms with Gasteiger partial charge in [-0.3, -0.25) is 4.98 Å². The second-order valence-corrected chi connectivity index (χ2v) is 6.26. The van der Waals surface area contributed by atoms with Crippen molar-refractivity contribution >= 4 is 6.03 Å². The van der Waals surface area contributed by atoms with E-state index in [1.807, 2.05) is 36.2 Å². The molecular formula is C19H23N3O. The lowest BCUT2D eigenvalue weighted by Crippen LogP contribution is -2.38. The first kappa shape index (κ1) is 15.5. The lowest BCUT2D eigenvalue weighted by Gasteiger charge is -2.17. The largest absolute Gasteiger partial charge is 0.334 e. The number of benzene rings is 1. The number of rotatable bonds is 4. The van der Waals surface area contributed by atoms with Gasteiger partial charge in [0.1, 0.15) is 0 Å². The number of hydrogen-bond acceptors (Lipinski definition) is 2. The Bertz CT molecular complexity index is 639. The van der Waals surface area contributed by atoms with Gasteiger partial charge >= 0.3 is 6.03 Å². The third kappa shape index (κ3) is 4.31. The van der Waals surface area contributed by atoms with E-state index in [0.717, 1.165) is 37.2 Å². The number of carbonyl (C=O) groups is 1. The predicted molar refractivity (Wildman–Crippen MR) is 91.0 cm³/mol. The Kier molecular flexibility index (Phi) is 4.91. The fourth-order valence-corrected chi connectivity index (χ4v) is 3.02. The van der Waals surface area contributed by atoms with Crippen molar-refractivity contribution in [2.45, 2.75) is 26.3 Å². The molecule has 0 radical (unpaired) electrons. The molecule has 2 aromatic rings. The zero-order valence-corrected chi connectivity index (χ0v) is 13.5. The molecule has 1 saturated heterocycles. The summed E-state index contributed by atoms with van der Waals surface area (Å²) in [6, 6.07) is 14.5. The third-order valence-corrected chi connectivity index (χ3v) is 4.36. The summed E-state index contributed by atoms with van der Waals surface area (Å²) in [5, 5.41) is 2.99. The van der Waals surface area contributed by atoms with Crippen LogP contribution in [0.3, 0.4) is 0 Å². The molecule has 0 spiro atoms. The quantitative estimate of drug-likeness (QED) is 0.943. The molecular weight excluding hydrogens is 286 g/mol. The van der Waals surface area contributed by atoms with Crippen LogP contribution in [0, 0.1) is 12.8 Å². The van der Waals surface area contributed by atoms with Gasteiger partial charge in [-0.1, -0.05) is 36.4 Å². The molecule has 0 unspecified atom stereocenters. The van der Waals surface area contributed by atoms with Crippen molar-refractivity contribution in [3.63, 3.8) is 0 Å². The molecule has 4 heteroatoms. The molecule has 2 heterocycles. The van der Waals surface area contributed by atoms with E-state index < -0.39 is 0 Å². The van der Waals surface area contributed by atoms with Crippen LogP contribution < -0.4 is 5.32 Å². The summed E-state index contributed by atoms with van der Waals surface area (Å²) in [5.41, 5.74) is 3.37. The van der Waals surface area contributed by atoms with E-state index in [9.17, 15) is 4.79 Å². The molecule has 1 aliphatic heterocycles. The molecule has 2 amide bonds. The van der Waals surface area contributed by atoms with E-state index in [1.54, 1.807) is 0 Å². The van der Waals surface area contributed by atoms with Crippen LogP contribution in [0.1, 0.15) is 23.2 Å². The van der Waals surface area contributed by atoms with E-state index >= 15 is 0 Å². The fraction of sp³-hybridized carbons (Fsp3) is 0.368. The van der Waals surface area contributed by atoms with E-state index in [4.69, 9.17) is 0 Å². The molecule has 1 fully saturated rings. The third-order valence-electron chi connectivity index (χ3n) is 4.36. The summed E-state index contributed by atoms with van der Waals surface area (Å²) >= 11 is 0. The highest BCUT2D eigenvalue weighted by atomic mass is 16.2. The number of amides is 2. The smallest absolute Gasteiger partial charge is 0.317 e. The summed E-state index contributed by atoms with van der Waals surface area (Å²) in [5.74, 6) is 0.559. The molecule has 1 atom stereocenters. The number of pyridine rings is 1. The molecule has 120 valence electrons. The Hall–Kier alpha value is -2.36. The van der Waals surface area contributed by atoms with Crippen molar-refractivity contribution in [3.05, 3.63) is 65.5 Å². The zero-order valence-electron chi connectivity index (χ0n) is 13.5. The van der Waals surface area contributed by atoms with Gasteiger partial charge in [0.05, 0.1) is 0 Å². The van der Waals surface area contributed by atoms with Crippen LogP contribution in [0.15, 0.2) is 48.7 Å². The van der Waals surface area contributed by atoms with Crippen LogP contribution in [0.2, 0.25) is 0 Å². The van der Waals surface area contributed by atoms with Gasteiger partial charge in [0.2, 0.25) is 0 Å². The molecule has 1 aromatic carbocycles. The molecule has 23 heavy (non-hydrogen) atoms. The van der Waals surface area contributed by atoms with Crippen LogP contribution in [-0.4, -0.2) is 29.0 Å². The Labute approximate surface area is 137 Å². The second kappa shape index (κ2) is 7.27. The summed E-state index contributed by atoms with van der Waals surface area (Å²) in [6.45, 7) is 4.17. The molecule has 3 rings (SSSR count). The van der Waals surface area contributed by atoms with E-state index in [2.05, 4.69) is 34.6 Å². The first-order valence-corrected chi connectivity index (χ1v) is 8.19. The van der Waals surface area contributed by atoms with E-state index in [-0.39, 0.29) is 6.03 Å². The number of nitrogens with one attached hydrogen (secondary N) is 1. The Balaban J connectivity index is 1.46. The number of aryl methyl sites for hydroxylation is 1. The summed E-state index contributed by atoms with van der Waals surface area (Å²) in [7, 11) is 0. The summed E-state index contributed by atoms with van der Waals surface area (Å²) in [4.78, 5) is 18.5. The van der Waals surface area contributed by atoms with Crippen molar-refractivity contribution in [2.24, 2.45) is 5.92 Å². The number of likely N-dealkylation sites (tertiary alicyclic amines) is 1. The SMILES string of the molecule is Cc1ccc(CNC(=O)N2CC[C@H](Cc3ccccc3)C2)cn1. The summed E-state index contributed by atoms with van der Waals surface area (Å²) in [6.07, 6.45) is 3.94. The van der Waals surface area contributed by atoms with Crippen molar-refractivity contribution in [2.75, 3.05) is 13.1 Å². The van der Waals surface area contributed by atoms with Crippen LogP contribution in [-0.2, 0) is 13.0 Å². The lowest BCUT2D eigenvalue weighted by atomic mass is 9.99. The van der Waals surface area contributed by atoms with Crippen molar-refractivity contribution < 1.29 is 4.79 Å². The Morgan fingerprint density at radius 3 is 2.78 bits per heavy atom. The van der Waals surface area contributed by atoms with Gasteiger partial charge in [0.25, 0.3) is 0 Å². The van der Waals surface area contributed by atoms with Crippen LogP contribution in [0.5, 0.6) is 0 Å². The number of urea groups is 1. The average molecular weight is 309 g/mol. The minimum absolute atomic E-state index is 0.0288. The highest BCUT2D eigenvalue weighted by molar-refractivity contribution is 5.74. The van der Waals surface area contributed by atoms with Crippen LogP contribution >= 0.6 is 0 Å². The monoisotopic (exact) mass is 309 g/mol. The van der Waals surface area contributed by atoms with Gasteiger partial charge in [-0.05, 0) is 42.9 Å². The van der Waals surface area contributed by atoms with Gasteiger partial charge in [-0.15, -0.1) is 0 Å². The average Bonchev–Trinajstić information content (AvgIpc) is 3.03. The Morgan fingerprint density at radius 2 is 2.04 bits per heavy atom. The van der Waals surface area contributed by atoms with Gasteiger partial charge in [0, 0.05) is 31.5 Å². The highest BCUT2D eigenvalue weighted by Crippen LogP contribution is 2.20. The van der Waals surface area contributed by atoms with Gasteiger partial charge in [-0.2, -0.15) is 0 Å². The number of hydrogen-bond donors (Lipinski definition) is 1. The van der Waals surface area contributed by atoms with Gasteiger partial charge in [-0.25, -0.2) is 4.79 Å². The van der Waals surface area contributed by atoms with Crippen LogP contribution in [0.4, 0.5) is 4.79 Å². The van der Waals surface area contributed by atoms with Gasteiger partial charge < -0.3 is 10.2 Å². The zero-order chi connectivity index (χ0) is 16.1. The molecule has 1 N–H and O–H groups in total. The maximum absolute atomic E-state index is 12.3. The minimum atomic E-state index is 0.0288. The normalized spacial score (nSPS) is 17.3. The summed E-state index contributed by atoms with van der Waals surface area (Å²) < 4.78 is 0. The molecule has 1 aromatic heterocycles. The standard InChI is InChI=1S/C19H23N3O/c1-15-7-8-18(12-20-15)13-21-19(23)22-10-9-17(14-22)11-16-5-3-2-4-6-16/h2-8,12,17H,9-11,13-14H2,1H3,(H,21,23)/t17-/m1/s1. The molecule has 4 nitrogen and oxygen atoms in total. The first-order chi connectivity index (χ1) is 11.2. The van der Waals surface area contributed by atoms with Crippen molar-refractivity contribution in [1.82, 2.24) is 15.2 Å². The number of aromatic nitrogens is 1. The van der Waals surface area contributed by atoms with E-state index in [1.165, 1.54) is 5.56 Å². The predicted octanol–water partition coefficient (Wildman–Crippen LogP) is 3.16. The first-order valence-electron chi connectivity index (χ1n) is 8.19. The molecule has 1 aliphatic rings. The van der Waals surface area contributed by atoms with Gasteiger partial charge in [0.15, 0.2) is 0 Å². The number of carbonyl (C=O) groups excluding carboxylic acids is 1. The molecule has 0 saturated carbocycles. The maximum atomic E-state index is 12.3. The fourth-order valence-electron chi connectivity index (χ4n) is 3.02.